The quantitative estimate of drug-likeness (QED) is 0.720. The number of rotatable bonds is 3. The van der Waals surface area contributed by atoms with E-state index in [0.29, 0.717) is 0 Å². The first-order valence-electron chi connectivity index (χ1n) is 8.40. The average Bonchev–Trinajstić information content (AvgIpc) is 2.59. The highest BCUT2D eigenvalue weighted by atomic mass is 127. The molecule has 2 aromatic carbocycles. The molecule has 1 atom stereocenters. The third kappa shape index (κ3) is 3.74. The molecule has 3 nitrogen and oxygen atoms in total. The molecule has 0 saturated carbocycles. The van der Waals surface area contributed by atoms with Crippen LogP contribution in [0.25, 0.3) is 0 Å². The molecule has 1 saturated heterocycles. The van der Waals surface area contributed by atoms with Crippen molar-refractivity contribution >= 4 is 28.5 Å². The number of hydrogen-bond donors (Lipinski definition) is 1. The molecule has 24 heavy (non-hydrogen) atoms. The van der Waals surface area contributed by atoms with E-state index in [0.717, 1.165) is 52.5 Å². The summed E-state index contributed by atoms with van der Waals surface area (Å²) in [5.41, 5.74) is 3.05. The number of halogens is 1. The van der Waals surface area contributed by atoms with Gasteiger partial charge in [-0.15, -0.1) is 0 Å². The average molecular weight is 435 g/mol. The SMILES string of the molecule is Cc1c(I)cccc1C(=O)N1CCCCC1Cc1ccc(O)cc1. The van der Waals surface area contributed by atoms with Gasteiger partial charge >= 0.3 is 0 Å². The molecule has 0 bridgehead atoms. The van der Waals surface area contributed by atoms with Gasteiger partial charge in [-0.1, -0.05) is 18.2 Å². The highest BCUT2D eigenvalue weighted by Crippen LogP contribution is 2.25. The van der Waals surface area contributed by atoms with E-state index in [1.165, 1.54) is 0 Å². The zero-order chi connectivity index (χ0) is 17.1. The molecular formula is C20H22INO2. The molecule has 3 rings (SSSR count). The van der Waals surface area contributed by atoms with Gasteiger partial charge in [-0.25, -0.2) is 0 Å². The van der Waals surface area contributed by atoms with Gasteiger partial charge in [0.15, 0.2) is 0 Å². The minimum atomic E-state index is 0.148. The lowest BCUT2D eigenvalue weighted by atomic mass is 9.94. The van der Waals surface area contributed by atoms with Crippen LogP contribution in [0.15, 0.2) is 42.5 Å². The van der Waals surface area contributed by atoms with Gasteiger partial charge in [0.2, 0.25) is 0 Å². The van der Waals surface area contributed by atoms with E-state index >= 15 is 0 Å². The second-order valence-corrected chi connectivity index (χ2v) is 7.59. The number of nitrogens with zero attached hydrogens (tertiary/aromatic N) is 1. The first kappa shape index (κ1) is 17.3. The summed E-state index contributed by atoms with van der Waals surface area (Å²) in [5, 5.41) is 9.44. The molecule has 1 amide bonds. The van der Waals surface area contributed by atoms with Gasteiger partial charge < -0.3 is 10.0 Å². The monoisotopic (exact) mass is 435 g/mol. The fraction of sp³-hybridized carbons (Fsp3) is 0.350. The Kier molecular flexibility index (Phi) is 5.43. The van der Waals surface area contributed by atoms with Crippen LogP contribution in [0.3, 0.4) is 0 Å². The van der Waals surface area contributed by atoms with E-state index in [1.54, 1.807) is 12.1 Å². The molecule has 0 aromatic heterocycles. The van der Waals surface area contributed by atoms with Gasteiger partial charge in [-0.3, -0.25) is 4.79 Å². The van der Waals surface area contributed by atoms with Crippen molar-refractivity contribution in [3.05, 3.63) is 62.7 Å². The zero-order valence-electron chi connectivity index (χ0n) is 13.8. The number of carbonyl (C=O) groups excluding carboxylic acids is 1. The van der Waals surface area contributed by atoms with E-state index in [2.05, 4.69) is 27.5 Å². The second-order valence-electron chi connectivity index (χ2n) is 6.43. The Morgan fingerprint density at radius 2 is 1.96 bits per heavy atom. The first-order chi connectivity index (χ1) is 11.6. The Balaban J connectivity index is 1.82. The van der Waals surface area contributed by atoms with Crippen molar-refractivity contribution in [1.82, 2.24) is 4.90 Å². The topological polar surface area (TPSA) is 40.5 Å². The Morgan fingerprint density at radius 1 is 1.21 bits per heavy atom. The summed E-state index contributed by atoms with van der Waals surface area (Å²) < 4.78 is 1.13. The van der Waals surface area contributed by atoms with Crippen molar-refractivity contribution in [1.29, 1.82) is 0 Å². The highest BCUT2D eigenvalue weighted by molar-refractivity contribution is 14.1. The maximum absolute atomic E-state index is 13.1. The lowest BCUT2D eigenvalue weighted by Gasteiger charge is -2.36. The number of hydrogen-bond acceptors (Lipinski definition) is 2. The van der Waals surface area contributed by atoms with Gasteiger partial charge in [0.1, 0.15) is 5.75 Å². The van der Waals surface area contributed by atoms with E-state index < -0.39 is 0 Å². The van der Waals surface area contributed by atoms with Gasteiger partial charge in [0.05, 0.1) is 0 Å². The maximum Gasteiger partial charge on any atom is 0.254 e. The summed E-state index contributed by atoms with van der Waals surface area (Å²) in [6, 6.07) is 13.5. The van der Waals surface area contributed by atoms with E-state index in [1.807, 2.05) is 37.3 Å². The van der Waals surface area contributed by atoms with Crippen LogP contribution in [-0.2, 0) is 6.42 Å². The summed E-state index contributed by atoms with van der Waals surface area (Å²) in [6.07, 6.45) is 4.11. The summed E-state index contributed by atoms with van der Waals surface area (Å²) >= 11 is 2.29. The number of phenols is 1. The number of amides is 1. The minimum Gasteiger partial charge on any atom is -0.508 e. The summed E-state index contributed by atoms with van der Waals surface area (Å²) in [4.78, 5) is 15.2. The van der Waals surface area contributed by atoms with Crippen molar-refractivity contribution in [3.8, 4) is 5.75 Å². The lowest BCUT2D eigenvalue weighted by Crippen LogP contribution is -2.45. The molecule has 1 N–H and O–H groups in total. The Labute approximate surface area is 156 Å². The third-order valence-electron chi connectivity index (χ3n) is 4.79. The van der Waals surface area contributed by atoms with Crippen molar-refractivity contribution in [2.45, 2.75) is 38.6 Å². The fourth-order valence-corrected chi connectivity index (χ4v) is 3.88. The van der Waals surface area contributed by atoms with E-state index in [4.69, 9.17) is 0 Å². The summed E-state index contributed by atoms with van der Waals surface area (Å²) in [5.74, 6) is 0.430. The van der Waals surface area contributed by atoms with Crippen LogP contribution in [0.1, 0.15) is 40.7 Å². The zero-order valence-corrected chi connectivity index (χ0v) is 16.0. The highest BCUT2D eigenvalue weighted by Gasteiger charge is 2.28. The van der Waals surface area contributed by atoms with Gasteiger partial charge in [-0.05, 0) is 90.6 Å². The molecule has 4 heteroatoms. The maximum atomic E-state index is 13.1. The van der Waals surface area contributed by atoms with Gasteiger partial charge in [0.25, 0.3) is 5.91 Å². The normalized spacial score (nSPS) is 17.8. The van der Waals surface area contributed by atoms with Crippen LogP contribution in [0.2, 0.25) is 0 Å². The Hall–Kier alpha value is -1.56. The molecule has 1 aliphatic rings. The van der Waals surface area contributed by atoms with Crippen LogP contribution >= 0.6 is 22.6 Å². The molecule has 1 heterocycles. The number of likely N-dealkylation sites (tertiary alicyclic amines) is 1. The van der Waals surface area contributed by atoms with E-state index in [-0.39, 0.29) is 17.7 Å². The van der Waals surface area contributed by atoms with Crippen LogP contribution < -0.4 is 0 Å². The number of benzene rings is 2. The molecule has 1 fully saturated rings. The largest absolute Gasteiger partial charge is 0.508 e. The van der Waals surface area contributed by atoms with Crippen LogP contribution in [0.5, 0.6) is 5.75 Å². The predicted octanol–water partition coefficient (Wildman–Crippen LogP) is 4.54. The van der Waals surface area contributed by atoms with Crippen LogP contribution in [0.4, 0.5) is 0 Å². The predicted molar refractivity (Wildman–Crippen MR) is 104 cm³/mol. The summed E-state index contributed by atoms with van der Waals surface area (Å²) in [6.45, 7) is 2.85. The molecule has 1 unspecified atom stereocenters. The second kappa shape index (κ2) is 7.55. The van der Waals surface area contributed by atoms with Crippen molar-refractivity contribution in [2.24, 2.45) is 0 Å². The van der Waals surface area contributed by atoms with Gasteiger partial charge in [-0.2, -0.15) is 0 Å². The van der Waals surface area contributed by atoms with Crippen LogP contribution in [0, 0.1) is 10.5 Å². The summed E-state index contributed by atoms with van der Waals surface area (Å²) in [7, 11) is 0. The van der Waals surface area contributed by atoms with Crippen molar-refractivity contribution < 1.29 is 9.90 Å². The molecule has 0 aliphatic carbocycles. The Morgan fingerprint density at radius 3 is 2.71 bits per heavy atom. The Bertz CT molecular complexity index is 727. The van der Waals surface area contributed by atoms with E-state index in [9.17, 15) is 9.90 Å². The molecule has 0 radical (unpaired) electrons. The lowest BCUT2D eigenvalue weighted by molar-refractivity contribution is 0.0612. The molecule has 0 spiro atoms. The molecule has 126 valence electrons. The molecule has 1 aliphatic heterocycles. The van der Waals surface area contributed by atoms with Crippen LogP contribution in [-0.4, -0.2) is 28.5 Å². The standard InChI is InChI=1S/C20H22INO2/c1-14-18(6-4-7-19(14)21)20(24)22-12-3-2-5-16(22)13-15-8-10-17(23)11-9-15/h4,6-11,16,23H,2-3,5,12-13H2,1H3. The van der Waals surface area contributed by atoms with Crippen molar-refractivity contribution in [3.63, 3.8) is 0 Å². The third-order valence-corrected chi connectivity index (χ3v) is 5.96. The minimum absolute atomic E-state index is 0.148. The molecule has 2 aromatic rings. The number of carbonyl (C=O) groups is 1. The van der Waals surface area contributed by atoms with Gasteiger partial charge in [0, 0.05) is 21.7 Å². The number of piperidine rings is 1. The fourth-order valence-electron chi connectivity index (χ4n) is 3.38. The van der Waals surface area contributed by atoms with Crippen molar-refractivity contribution in [2.75, 3.05) is 6.54 Å². The number of phenolic OH excluding ortho intramolecular Hbond substituents is 1. The number of aromatic hydroxyl groups is 1. The first-order valence-corrected chi connectivity index (χ1v) is 9.48. The molecular weight excluding hydrogens is 413 g/mol. The smallest absolute Gasteiger partial charge is 0.254 e.